The Balaban J connectivity index is 2.15. The molecule has 2 atom stereocenters. The van der Waals surface area contributed by atoms with Crippen LogP contribution in [0.15, 0.2) is 24.1 Å². The molecule has 12 heavy (non-hydrogen) atoms. The van der Waals surface area contributed by atoms with Crippen molar-refractivity contribution in [3.63, 3.8) is 0 Å². The second kappa shape index (κ2) is 2.41. The van der Waals surface area contributed by atoms with Crippen LogP contribution in [0.3, 0.4) is 0 Å². The molecule has 2 aliphatic carbocycles. The van der Waals surface area contributed by atoms with Crippen LogP contribution in [0, 0.1) is 11.3 Å². The summed E-state index contributed by atoms with van der Waals surface area (Å²) >= 11 is 0. The van der Waals surface area contributed by atoms with Gasteiger partial charge in [0.2, 0.25) is 0 Å². The fourth-order valence-electron chi connectivity index (χ4n) is 1.76. The van der Waals surface area contributed by atoms with E-state index in [1.807, 2.05) is 0 Å². The average molecular weight is 170 g/mol. The first kappa shape index (κ1) is 7.96. The smallest absolute Gasteiger partial charge is 0.128 e. The van der Waals surface area contributed by atoms with E-state index in [-0.39, 0.29) is 11.3 Å². The zero-order valence-corrected chi connectivity index (χ0v) is 7.06. The van der Waals surface area contributed by atoms with Crippen molar-refractivity contribution < 1.29 is 8.78 Å². The van der Waals surface area contributed by atoms with Gasteiger partial charge >= 0.3 is 0 Å². The molecule has 0 N–H and O–H groups in total. The van der Waals surface area contributed by atoms with Crippen molar-refractivity contribution in [3.8, 4) is 0 Å². The fraction of sp³-hybridized carbons (Fsp3) is 0.600. The maximum absolute atomic E-state index is 13.3. The first-order valence-corrected chi connectivity index (χ1v) is 4.31. The van der Waals surface area contributed by atoms with Gasteiger partial charge < -0.3 is 0 Å². The van der Waals surface area contributed by atoms with Crippen LogP contribution in [-0.2, 0) is 0 Å². The van der Waals surface area contributed by atoms with Crippen molar-refractivity contribution in [2.75, 3.05) is 0 Å². The van der Waals surface area contributed by atoms with Crippen LogP contribution < -0.4 is 0 Å². The minimum Gasteiger partial charge on any atom is -0.242 e. The van der Waals surface area contributed by atoms with Crippen molar-refractivity contribution in [1.82, 2.24) is 0 Å². The number of allylic oxidation sites excluding steroid dienone is 4. The van der Waals surface area contributed by atoms with Gasteiger partial charge in [-0.3, -0.25) is 0 Å². The summed E-state index contributed by atoms with van der Waals surface area (Å²) in [6, 6.07) is 0. The molecule has 0 bridgehead atoms. The summed E-state index contributed by atoms with van der Waals surface area (Å²) in [4.78, 5) is 0. The van der Waals surface area contributed by atoms with E-state index in [2.05, 4.69) is 6.92 Å². The first-order chi connectivity index (χ1) is 5.62. The lowest BCUT2D eigenvalue weighted by Crippen LogP contribution is -2.22. The summed E-state index contributed by atoms with van der Waals surface area (Å²) in [5.74, 6) is -0.542. The van der Waals surface area contributed by atoms with Gasteiger partial charge in [-0.1, -0.05) is 13.0 Å². The predicted octanol–water partition coefficient (Wildman–Crippen LogP) is 3.16. The van der Waals surface area contributed by atoms with Crippen LogP contribution in [0.5, 0.6) is 0 Å². The SMILES string of the molecule is CC1(C2C=CC(F)=CC2F)CC1. The Labute approximate surface area is 71.0 Å². The summed E-state index contributed by atoms with van der Waals surface area (Å²) in [6.45, 7) is 2.06. The van der Waals surface area contributed by atoms with Crippen molar-refractivity contribution in [1.29, 1.82) is 0 Å². The van der Waals surface area contributed by atoms with Gasteiger partial charge in [0.1, 0.15) is 12.0 Å². The molecule has 0 spiro atoms. The molecule has 0 saturated heterocycles. The lowest BCUT2D eigenvalue weighted by Gasteiger charge is -2.24. The zero-order valence-electron chi connectivity index (χ0n) is 7.06. The Kier molecular flexibility index (Phi) is 1.60. The molecule has 0 aromatic carbocycles. The van der Waals surface area contributed by atoms with E-state index >= 15 is 0 Å². The standard InChI is InChI=1S/C10H12F2/c1-10(4-5-10)8-3-2-7(11)6-9(8)12/h2-3,6,8-9H,4-5H2,1H3. The second-order valence-corrected chi connectivity index (χ2v) is 4.03. The van der Waals surface area contributed by atoms with Gasteiger partial charge in [0.15, 0.2) is 0 Å². The Bertz CT molecular complexity index is 249. The highest BCUT2D eigenvalue weighted by molar-refractivity contribution is 5.24. The monoisotopic (exact) mass is 170 g/mol. The predicted molar refractivity (Wildman–Crippen MR) is 44.1 cm³/mol. The minimum atomic E-state index is -1.12. The third-order valence-electron chi connectivity index (χ3n) is 2.97. The van der Waals surface area contributed by atoms with Crippen LogP contribution in [0.1, 0.15) is 19.8 Å². The minimum absolute atomic E-state index is 0.100. The van der Waals surface area contributed by atoms with Crippen LogP contribution >= 0.6 is 0 Å². The van der Waals surface area contributed by atoms with E-state index in [1.165, 1.54) is 6.08 Å². The second-order valence-electron chi connectivity index (χ2n) is 4.03. The van der Waals surface area contributed by atoms with Gasteiger partial charge in [-0.25, -0.2) is 8.78 Å². The largest absolute Gasteiger partial charge is 0.242 e. The topological polar surface area (TPSA) is 0 Å². The molecule has 2 heteroatoms. The summed E-state index contributed by atoms with van der Waals surface area (Å²) in [5.41, 5.74) is 0.104. The van der Waals surface area contributed by atoms with Crippen LogP contribution in [0.4, 0.5) is 8.78 Å². The van der Waals surface area contributed by atoms with E-state index in [1.54, 1.807) is 6.08 Å². The van der Waals surface area contributed by atoms with E-state index in [9.17, 15) is 8.78 Å². The van der Waals surface area contributed by atoms with Gasteiger partial charge in [0.25, 0.3) is 0 Å². The summed E-state index contributed by atoms with van der Waals surface area (Å²) in [7, 11) is 0. The molecule has 0 aromatic heterocycles. The lowest BCUT2D eigenvalue weighted by atomic mass is 9.84. The molecule has 1 fully saturated rings. The molecule has 0 aliphatic heterocycles. The average Bonchev–Trinajstić information content (AvgIpc) is 2.68. The summed E-state index contributed by atoms with van der Waals surface area (Å²) in [5, 5.41) is 0. The quantitative estimate of drug-likeness (QED) is 0.567. The lowest BCUT2D eigenvalue weighted by molar-refractivity contribution is 0.237. The molecule has 2 rings (SSSR count). The molecule has 0 radical (unpaired) electrons. The Morgan fingerprint density at radius 3 is 2.67 bits per heavy atom. The Morgan fingerprint density at radius 1 is 1.50 bits per heavy atom. The van der Waals surface area contributed by atoms with Crippen LogP contribution in [0.2, 0.25) is 0 Å². The number of hydrogen-bond acceptors (Lipinski definition) is 0. The van der Waals surface area contributed by atoms with Crippen LogP contribution in [-0.4, -0.2) is 6.17 Å². The van der Waals surface area contributed by atoms with Gasteiger partial charge in [-0.2, -0.15) is 0 Å². The number of halogens is 2. The van der Waals surface area contributed by atoms with Crippen LogP contribution in [0.25, 0.3) is 0 Å². The number of alkyl halides is 1. The highest BCUT2D eigenvalue weighted by Gasteiger charge is 2.47. The Hall–Kier alpha value is -0.660. The Morgan fingerprint density at radius 2 is 2.17 bits per heavy atom. The normalized spacial score (nSPS) is 37.8. The van der Waals surface area contributed by atoms with Crippen molar-refractivity contribution in [2.45, 2.75) is 25.9 Å². The van der Waals surface area contributed by atoms with Gasteiger partial charge in [0.05, 0.1) is 0 Å². The molecule has 2 unspecified atom stereocenters. The third-order valence-corrected chi connectivity index (χ3v) is 2.97. The molecule has 0 heterocycles. The maximum atomic E-state index is 13.3. The van der Waals surface area contributed by atoms with E-state index < -0.39 is 12.0 Å². The van der Waals surface area contributed by atoms with Crippen molar-refractivity contribution in [3.05, 3.63) is 24.1 Å². The molecule has 1 saturated carbocycles. The first-order valence-electron chi connectivity index (χ1n) is 4.31. The molecular weight excluding hydrogens is 158 g/mol. The van der Waals surface area contributed by atoms with Gasteiger partial charge in [-0.05, 0) is 30.4 Å². The number of hydrogen-bond donors (Lipinski definition) is 0. The molecule has 0 aromatic rings. The van der Waals surface area contributed by atoms with E-state index in [4.69, 9.17) is 0 Å². The molecule has 2 aliphatic rings. The number of rotatable bonds is 1. The van der Waals surface area contributed by atoms with Crippen molar-refractivity contribution in [2.24, 2.45) is 11.3 Å². The van der Waals surface area contributed by atoms with Gasteiger partial charge in [-0.15, -0.1) is 0 Å². The molecule has 0 amide bonds. The van der Waals surface area contributed by atoms with Gasteiger partial charge in [0, 0.05) is 5.92 Å². The van der Waals surface area contributed by atoms with E-state index in [0.29, 0.717) is 0 Å². The van der Waals surface area contributed by atoms with Crippen molar-refractivity contribution >= 4 is 0 Å². The third kappa shape index (κ3) is 1.19. The molecule has 0 nitrogen and oxygen atoms in total. The van der Waals surface area contributed by atoms with E-state index in [0.717, 1.165) is 18.9 Å². The highest BCUT2D eigenvalue weighted by Crippen LogP contribution is 2.54. The summed E-state index contributed by atoms with van der Waals surface area (Å²) < 4.78 is 25.8. The zero-order chi connectivity index (χ0) is 8.77. The molecule has 66 valence electrons. The fourth-order valence-corrected chi connectivity index (χ4v) is 1.76. The maximum Gasteiger partial charge on any atom is 0.128 e. The summed E-state index contributed by atoms with van der Waals surface area (Å²) in [6.07, 6.45) is 5.14. The molecular formula is C10H12F2. The highest BCUT2D eigenvalue weighted by atomic mass is 19.1.